The van der Waals surface area contributed by atoms with E-state index >= 15 is 0 Å². The third-order valence-corrected chi connectivity index (χ3v) is 2.77. The van der Waals surface area contributed by atoms with E-state index in [9.17, 15) is 14.4 Å². The summed E-state index contributed by atoms with van der Waals surface area (Å²) >= 11 is 5.88. The van der Waals surface area contributed by atoms with E-state index in [0.29, 0.717) is 17.0 Å². The number of aldehydes is 1. The molecule has 0 atom stereocenters. The molecule has 0 spiro atoms. The van der Waals surface area contributed by atoms with Crippen LogP contribution in [0.3, 0.4) is 0 Å². The number of carbonyl (C=O) groups is 3. The number of carbonyl (C=O) groups excluding carboxylic acids is 3. The normalized spacial score (nSPS) is 15.7. The zero-order valence-electron chi connectivity index (χ0n) is 8.77. The highest BCUT2D eigenvalue weighted by atomic mass is 35.5. The molecule has 0 radical (unpaired) electrons. The van der Waals surface area contributed by atoms with Crippen molar-refractivity contribution in [1.82, 2.24) is 5.32 Å². The molecule has 1 aromatic carbocycles. The Hall–Kier alpha value is -1.88. The van der Waals surface area contributed by atoms with Gasteiger partial charge in [-0.15, -0.1) is 0 Å². The summed E-state index contributed by atoms with van der Waals surface area (Å²) in [6, 6.07) is 4.91. The van der Waals surface area contributed by atoms with Crippen molar-refractivity contribution in [1.29, 1.82) is 0 Å². The Balaban J connectivity index is 2.39. The Morgan fingerprint density at radius 2 is 1.88 bits per heavy atom. The topological polar surface area (TPSA) is 66.5 Å². The summed E-state index contributed by atoms with van der Waals surface area (Å²) in [4.78, 5) is 35.0. The van der Waals surface area contributed by atoms with E-state index in [2.05, 4.69) is 5.32 Å². The smallest absolute Gasteiger partial charge is 0.246 e. The number of halogens is 1. The molecule has 1 aliphatic rings. The Kier molecular flexibility index (Phi) is 3.10. The average Bonchev–Trinajstić information content (AvgIpc) is 2.27. The van der Waals surface area contributed by atoms with Crippen molar-refractivity contribution in [3.8, 4) is 0 Å². The second kappa shape index (κ2) is 4.55. The van der Waals surface area contributed by atoms with Gasteiger partial charge in [0.1, 0.15) is 0 Å². The first-order valence-electron chi connectivity index (χ1n) is 4.93. The lowest BCUT2D eigenvalue weighted by molar-refractivity contribution is -0.130. The second-order valence-corrected chi connectivity index (χ2v) is 4.03. The second-order valence-electron chi connectivity index (χ2n) is 3.62. The van der Waals surface area contributed by atoms with E-state index in [4.69, 9.17) is 11.6 Å². The predicted molar refractivity (Wildman–Crippen MR) is 62.2 cm³/mol. The Labute approximate surface area is 102 Å². The number of imide groups is 1. The van der Waals surface area contributed by atoms with Crippen LogP contribution >= 0.6 is 11.6 Å². The highest BCUT2D eigenvalue weighted by Gasteiger charge is 2.24. The van der Waals surface area contributed by atoms with Crippen molar-refractivity contribution < 1.29 is 14.4 Å². The van der Waals surface area contributed by atoms with Gasteiger partial charge in [-0.25, -0.2) is 0 Å². The predicted octanol–water partition coefficient (Wildman–Crippen LogP) is 0.615. The minimum absolute atomic E-state index is 0.0346. The third-order valence-electron chi connectivity index (χ3n) is 2.44. The number of amides is 2. The van der Waals surface area contributed by atoms with Gasteiger partial charge in [-0.3, -0.25) is 19.7 Å². The number of rotatable bonds is 2. The third kappa shape index (κ3) is 2.29. The number of anilines is 1. The van der Waals surface area contributed by atoms with Crippen LogP contribution in [0, 0.1) is 0 Å². The van der Waals surface area contributed by atoms with Gasteiger partial charge in [0.15, 0.2) is 6.29 Å². The molecule has 1 saturated heterocycles. The molecular weight excluding hydrogens is 244 g/mol. The summed E-state index contributed by atoms with van der Waals surface area (Å²) in [5, 5.41) is 2.49. The van der Waals surface area contributed by atoms with Gasteiger partial charge >= 0.3 is 0 Å². The van der Waals surface area contributed by atoms with E-state index in [-0.39, 0.29) is 18.7 Å². The first kappa shape index (κ1) is 11.6. The molecule has 0 unspecified atom stereocenters. The van der Waals surface area contributed by atoms with Crippen molar-refractivity contribution >= 4 is 35.4 Å². The zero-order valence-corrected chi connectivity index (χ0v) is 9.53. The minimum atomic E-state index is -0.391. The highest BCUT2D eigenvalue weighted by Crippen LogP contribution is 2.26. The standard InChI is InChI=1S/C11H9ClN2O3/c12-8-2-1-3-9(7(8)6-15)14-4-10(16)13-11(17)5-14/h1-3,6H,4-5H2,(H,13,16,17). The molecule has 2 rings (SSSR count). The van der Waals surface area contributed by atoms with Crippen LogP contribution < -0.4 is 10.2 Å². The maximum absolute atomic E-state index is 11.2. The minimum Gasteiger partial charge on any atom is -0.352 e. The van der Waals surface area contributed by atoms with Crippen molar-refractivity contribution in [2.45, 2.75) is 0 Å². The monoisotopic (exact) mass is 252 g/mol. The fourth-order valence-electron chi connectivity index (χ4n) is 1.73. The van der Waals surface area contributed by atoms with Gasteiger partial charge in [0, 0.05) is 5.69 Å². The lowest BCUT2D eigenvalue weighted by Gasteiger charge is -2.28. The first-order valence-corrected chi connectivity index (χ1v) is 5.31. The summed E-state index contributed by atoms with van der Waals surface area (Å²) in [5.41, 5.74) is 0.785. The van der Waals surface area contributed by atoms with Crippen molar-refractivity contribution in [3.05, 3.63) is 28.8 Å². The molecule has 0 aromatic heterocycles. The van der Waals surface area contributed by atoms with Crippen molar-refractivity contribution in [2.24, 2.45) is 0 Å². The molecular formula is C11H9ClN2O3. The van der Waals surface area contributed by atoms with Crippen LogP contribution in [0.2, 0.25) is 5.02 Å². The maximum Gasteiger partial charge on any atom is 0.246 e. The van der Waals surface area contributed by atoms with Gasteiger partial charge in [-0.2, -0.15) is 0 Å². The van der Waals surface area contributed by atoms with Crippen molar-refractivity contribution in [2.75, 3.05) is 18.0 Å². The molecule has 17 heavy (non-hydrogen) atoms. The molecule has 1 fully saturated rings. The van der Waals surface area contributed by atoms with Crippen LogP contribution in [0.1, 0.15) is 10.4 Å². The van der Waals surface area contributed by atoms with Crippen LogP contribution in [0.5, 0.6) is 0 Å². The van der Waals surface area contributed by atoms with E-state index in [0.717, 1.165) is 0 Å². The van der Waals surface area contributed by atoms with Gasteiger partial charge in [0.05, 0.1) is 23.7 Å². The molecule has 0 saturated carbocycles. The number of hydrogen-bond donors (Lipinski definition) is 1. The van der Waals surface area contributed by atoms with E-state index in [1.54, 1.807) is 18.2 Å². The van der Waals surface area contributed by atoms with Gasteiger partial charge in [-0.05, 0) is 12.1 Å². The number of piperazine rings is 1. The Morgan fingerprint density at radius 1 is 1.24 bits per heavy atom. The number of benzene rings is 1. The van der Waals surface area contributed by atoms with Crippen LogP contribution in [0.15, 0.2) is 18.2 Å². The van der Waals surface area contributed by atoms with Gasteiger partial charge in [0.25, 0.3) is 0 Å². The van der Waals surface area contributed by atoms with Crippen LogP contribution in [0.4, 0.5) is 5.69 Å². The van der Waals surface area contributed by atoms with Crippen molar-refractivity contribution in [3.63, 3.8) is 0 Å². The summed E-state index contributed by atoms with van der Waals surface area (Å²) in [6.07, 6.45) is 0.620. The molecule has 1 aliphatic heterocycles. The molecule has 0 bridgehead atoms. The number of nitrogens with zero attached hydrogens (tertiary/aromatic N) is 1. The maximum atomic E-state index is 11.2. The quantitative estimate of drug-likeness (QED) is 0.619. The molecule has 1 heterocycles. The lowest BCUT2D eigenvalue weighted by Crippen LogP contribution is -2.51. The summed E-state index contributed by atoms with van der Waals surface area (Å²) in [5.74, 6) is -0.781. The molecule has 0 aliphatic carbocycles. The lowest BCUT2D eigenvalue weighted by atomic mass is 10.1. The van der Waals surface area contributed by atoms with E-state index in [1.165, 1.54) is 4.90 Å². The van der Waals surface area contributed by atoms with Gasteiger partial charge in [-0.1, -0.05) is 17.7 Å². The summed E-state index contributed by atoms with van der Waals surface area (Å²) in [6.45, 7) is 0.0693. The fraction of sp³-hybridized carbons (Fsp3) is 0.182. The molecule has 1 N–H and O–H groups in total. The van der Waals surface area contributed by atoms with Crippen LogP contribution in [-0.2, 0) is 9.59 Å². The number of nitrogens with one attached hydrogen (secondary N) is 1. The Morgan fingerprint density at radius 3 is 2.47 bits per heavy atom. The van der Waals surface area contributed by atoms with Crippen LogP contribution in [-0.4, -0.2) is 31.2 Å². The van der Waals surface area contributed by atoms with Gasteiger partial charge in [0.2, 0.25) is 11.8 Å². The Bertz CT molecular complexity index is 485. The summed E-state index contributed by atoms with van der Waals surface area (Å²) in [7, 11) is 0. The van der Waals surface area contributed by atoms with E-state index < -0.39 is 11.8 Å². The molecule has 5 nitrogen and oxygen atoms in total. The SMILES string of the molecule is O=Cc1c(Cl)cccc1N1CC(=O)NC(=O)C1. The average molecular weight is 253 g/mol. The molecule has 1 aromatic rings. The largest absolute Gasteiger partial charge is 0.352 e. The summed E-state index contributed by atoms with van der Waals surface area (Å²) < 4.78 is 0. The highest BCUT2D eigenvalue weighted by molar-refractivity contribution is 6.33. The zero-order chi connectivity index (χ0) is 12.4. The van der Waals surface area contributed by atoms with Crippen LogP contribution in [0.25, 0.3) is 0 Å². The fourth-order valence-corrected chi connectivity index (χ4v) is 1.94. The molecule has 2 amide bonds. The first-order chi connectivity index (χ1) is 8.11. The van der Waals surface area contributed by atoms with Gasteiger partial charge < -0.3 is 4.90 Å². The number of hydrogen-bond acceptors (Lipinski definition) is 4. The van der Waals surface area contributed by atoms with E-state index in [1.807, 2.05) is 0 Å². The molecule has 6 heteroatoms. The molecule has 88 valence electrons.